The molecule has 1 aliphatic rings. The summed E-state index contributed by atoms with van der Waals surface area (Å²) in [6.45, 7) is 1.70. The van der Waals surface area contributed by atoms with Crippen molar-refractivity contribution in [3.8, 4) is 0 Å². The molecule has 6 heteroatoms. The lowest BCUT2D eigenvalue weighted by Crippen LogP contribution is -2.43. The standard InChI is InChI=1S/C15H24N2O3S/c1-12-6-5-9-14(16)15(12)21(19,20)17(10-11-18)13-7-3-2-4-8-13/h5-6,9,13,18H,2-4,7-8,10-11,16H2,1H3. The normalized spacial score (nSPS) is 17.3. The number of benzene rings is 1. The monoisotopic (exact) mass is 312 g/mol. The Labute approximate surface area is 126 Å². The van der Waals surface area contributed by atoms with Crippen LogP contribution in [0.4, 0.5) is 5.69 Å². The number of hydrogen-bond donors (Lipinski definition) is 2. The number of sulfonamides is 1. The lowest BCUT2D eigenvalue weighted by Gasteiger charge is -2.33. The van der Waals surface area contributed by atoms with Gasteiger partial charge in [-0.15, -0.1) is 0 Å². The molecule has 2 rings (SSSR count). The molecule has 0 atom stereocenters. The van der Waals surface area contributed by atoms with Gasteiger partial charge in [0.1, 0.15) is 4.90 Å². The van der Waals surface area contributed by atoms with Crippen LogP contribution in [-0.4, -0.2) is 37.0 Å². The lowest BCUT2D eigenvalue weighted by atomic mass is 9.95. The van der Waals surface area contributed by atoms with E-state index in [-0.39, 0.29) is 29.8 Å². The van der Waals surface area contributed by atoms with Crippen LogP contribution in [0.5, 0.6) is 0 Å². The third kappa shape index (κ3) is 3.39. The summed E-state index contributed by atoms with van der Waals surface area (Å²) in [4.78, 5) is 0.184. The molecule has 0 radical (unpaired) electrons. The summed E-state index contributed by atoms with van der Waals surface area (Å²) in [7, 11) is -3.68. The van der Waals surface area contributed by atoms with Crippen molar-refractivity contribution in [2.24, 2.45) is 0 Å². The highest BCUT2D eigenvalue weighted by Crippen LogP contribution is 2.31. The number of aryl methyl sites for hydroxylation is 1. The quantitative estimate of drug-likeness (QED) is 0.813. The number of rotatable bonds is 5. The van der Waals surface area contributed by atoms with Crippen LogP contribution in [0, 0.1) is 6.92 Å². The van der Waals surface area contributed by atoms with Gasteiger partial charge in [0.25, 0.3) is 0 Å². The minimum absolute atomic E-state index is 0.0325. The molecular weight excluding hydrogens is 288 g/mol. The van der Waals surface area contributed by atoms with Gasteiger partial charge in [0.2, 0.25) is 10.0 Å². The zero-order valence-corrected chi connectivity index (χ0v) is 13.3. The molecule has 1 aliphatic carbocycles. The van der Waals surface area contributed by atoms with Gasteiger partial charge in [-0.05, 0) is 31.4 Å². The van der Waals surface area contributed by atoms with Crippen LogP contribution >= 0.6 is 0 Å². The maximum Gasteiger partial charge on any atom is 0.245 e. The second-order valence-corrected chi connectivity index (χ2v) is 7.45. The number of aliphatic hydroxyl groups excluding tert-OH is 1. The van der Waals surface area contributed by atoms with E-state index >= 15 is 0 Å². The van der Waals surface area contributed by atoms with Gasteiger partial charge in [-0.3, -0.25) is 0 Å². The average Bonchev–Trinajstić information content (AvgIpc) is 2.45. The van der Waals surface area contributed by atoms with Crippen molar-refractivity contribution in [1.29, 1.82) is 0 Å². The molecule has 0 aliphatic heterocycles. The first-order valence-corrected chi connectivity index (χ1v) is 8.90. The molecule has 0 aromatic heterocycles. The predicted octanol–water partition coefficient (Wildman–Crippen LogP) is 1.89. The second kappa shape index (κ2) is 6.77. The molecule has 3 N–H and O–H groups in total. The van der Waals surface area contributed by atoms with Gasteiger partial charge < -0.3 is 10.8 Å². The largest absolute Gasteiger partial charge is 0.398 e. The number of aliphatic hydroxyl groups is 1. The summed E-state index contributed by atoms with van der Waals surface area (Å²) in [6, 6.07) is 5.08. The van der Waals surface area contributed by atoms with Crippen molar-refractivity contribution >= 4 is 15.7 Å². The first kappa shape index (κ1) is 16.3. The van der Waals surface area contributed by atoms with E-state index in [1.165, 1.54) is 4.31 Å². The van der Waals surface area contributed by atoms with Crippen molar-refractivity contribution in [2.45, 2.75) is 50.0 Å². The van der Waals surface area contributed by atoms with Gasteiger partial charge in [-0.1, -0.05) is 31.4 Å². The second-order valence-electron chi connectivity index (χ2n) is 5.62. The van der Waals surface area contributed by atoms with Crippen LogP contribution in [0.15, 0.2) is 23.1 Å². The summed E-state index contributed by atoms with van der Waals surface area (Å²) < 4.78 is 27.4. The van der Waals surface area contributed by atoms with Crippen LogP contribution in [0.2, 0.25) is 0 Å². The highest BCUT2D eigenvalue weighted by Gasteiger charge is 2.33. The molecule has 0 bridgehead atoms. The number of nitrogens with zero attached hydrogens (tertiary/aromatic N) is 1. The molecule has 0 amide bonds. The fourth-order valence-electron chi connectivity index (χ4n) is 3.11. The Bertz CT molecular complexity index is 560. The van der Waals surface area contributed by atoms with Crippen LogP contribution in [0.1, 0.15) is 37.7 Å². The first-order valence-electron chi connectivity index (χ1n) is 7.46. The lowest BCUT2D eigenvalue weighted by molar-refractivity contribution is 0.199. The molecular formula is C15H24N2O3S. The fourth-order valence-corrected chi connectivity index (χ4v) is 5.11. The third-order valence-electron chi connectivity index (χ3n) is 4.11. The molecule has 0 unspecified atom stereocenters. The molecule has 0 spiro atoms. The summed E-state index contributed by atoms with van der Waals surface area (Å²) in [5.74, 6) is 0. The molecule has 5 nitrogen and oxygen atoms in total. The number of hydrogen-bond acceptors (Lipinski definition) is 4. The Hall–Kier alpha value is -1.11. The Balaban J connectivity index is 2.42. The highest BCUT2D eigenvalue weighted by molar-refractivity contribution is 7.89. The summed E-state index contributed by atoms with van der Waals surface area (Å²) in [5.41, 5.74) is 6.82. The Morgan fingerprint density at radius 1 is 1.29 bits per heavy atom. The van der Waals surface area contributed by atoms with Gasteiger partial charge in [0.15, 0.2) is 0 Å². The van der Waals surface area contributed by atoms with E-state index < -0.39 is 10.0 Å². The van der Waals surface area contributed by atoms with Crippen LogP contribution in [-0.2, 0) is 10.0 Å². The Kier molecular flexibility index (Phi) is 5.24. The zero-order valence-electron chi connectivity index (χ0n) is 12.5. The minimum Gasteiger partial charge on any atom is -0.398 e. The predicted molar refractivity (Wildman–Crippen MR) is 83.4 cm³/mol. The molecule has 1 saturated carbocycles. The smallest absolute Gasteiger partial charge is 0.245 e. The average molecular weight is 312 g/mol. The van der Waals surface area contributed by atoms with Crippen molar-refractivity contribution in [3.63, 3.8) is 0 Å². The molecule has 1 aromatic carbocycles. The van der Waals surface area contributed by atoms with Crippen molar-refractivity contribution in [3.05, 3.63) is 23.8 Å². The number of anilines is 1. The molecule has 21 heavy (non-hydrogen) atoms. The summed E-state index contributed by atoms with van der Waals surface area (Å²) in [5, 5.41) is 9.28. The molecule has 0 saturated heterocycles. The van der Waals surface area contributed by atoms with Gasteiger partial charge in [-0.25, -0.2) is 8.42 Å². The number of nitrogen functional groups attached to an aromatic ring is 1. The van der Waals surface area contributed by atoms with E-state index in [2.05, 4.69) is 0 Å². The SMILES string of the molecule is Cc1cccc(N)c1S(=O)(=O)N(CCO)C1CCCCC1. The molecule has 1 aromatic rings. The van der Waals surface area contributed by atoms with Gasteiger partial charge in [0.05, 0.1) is 12.3 Å². The van der Waals surface area contributed by atoms with Crippen molar-refractivity contribution in [1.82, 2.24) is 4.31 Å². The van der Waals surface area contributed by atoms with Crippen LogP contribution in [0.3, 0.4) is 0 Å². The van der Waals surface area contributed by atoms with Crippen LogP contribution < -0.4 is 5.73 Å². The molecule has 0 heterocycles. The van der Waals surface area contributed by atoms with Crippen molar-refractivity contribution < 1.29 is 13.5 Å². The van der Waals surface area contributed by atoms with E-state index in [9.17, 15) is 13.5 Å². The fraction of sp³-hybridized carbons (Fsp3) is 0.600. The zero-order chi connectivity index (χ0) is 15.5. The van der Waals surface area contributed by atoms with E-state index in [4.69, 9.17) is 5.73 Å². The highest BCUT2D eigenvalue weighted by atomic mass is 32.2. The third-order valence-corrected chi connectivity index (χ3v) is 6.28. The molecule has 118 valence electrons. The van der Waals surface area contributed by atoms with Gasteiger partial charge >= 0.3 is 0 Å². The summed E-state index contributed by atoms with van der Waals surface area (Å²) in [6.07, 6.45) is 4.92. The van der Waals surface area contributed by atoms with E-state index in [1.807, 2.05) is 0 Å². The molecule has 1 fully saturated rings. The number of nitrogens with two attached hydrogens (primary N) is 1. The Morgan fingerprint density at radius 2 is 1.95 bits per heavy atom. The van der Waals surface area contributed by atoms with Crippen molar-refractivity contribution in [2.75, 3.05) is 18.9 Å². The topological polar surface area (TPSA) is 83.6 Å². The van der Waals surface area contributed by atoms with Crippen LogP contribution in [0.25, 0.3) is 0 Å². The maximum absolute atomic E-state index is 13.0. The Morgan fingerprint density at radius 3 is 2.52 bits per heavy atom. The van der Waals surface area contributed by atoms with E-state index in [0.29, 0.717) is 5.56 Å². The maximum atomic E-state index is 13.0. The van der Waals surface area contributed by atoms with Gasteiger partial charge in [-0.2, -0.15) is 4.31 Å². The first-order chi connectivity index (χ1) is 9.98. The summed E-state index contributed by atoms with van der Waals surface area (Å²) >= 11 is 0. The van der Waals surface area contributed by atoms with Gasteiger partial charge in [0, 0.05) is 12.6 Å². The van der Waals surface area contributed by atoms with E-state index in [0.717, 1.165) is 32.1 Å². The van der Waals surface area contributed by atoms with E-state index in [1.54, 1.807) is 25.1 Å². The minimum atomic E-state index is -3.68.